The summed E-state index contributed by atoms with van der Waals surface area (Å²) in [6.07, 6.45) is 0.818. The van der Waals surface area contributed by atoms with E-state index in [0.29, 0.717) is 6.61 Å². The van der Waals surface area contributed by atoms with Gasteiger partial charge in [0, 0.05) is 13.2 Å². The molecule has 2 rings (SSSR count). The molecule has 0 bridgehead atoms. The number of hydrogen-bond acceptors (Lipinski definition) is 4. The Morgan fingerprint density at radius 3 is 2.94 bits per heavy atom. The van der Waals surface area contributed by atoms with Gasteiger partial charge in [-0.3, -0.25) is 0 Å². The standard InChI is InChI=1S/C12H17NO3/c14-7-3-6-13-8-10-9-15-11-4-1-2-5-12(11)16-10/h1-2,4-5,10,13-14H,3,6-9H2/t10-/m1/s1. The Balaban J connectivity index is 1.79. The average Bonchev–Trinajstić information content (AvgIpc) is 2.34. The lowest BCUT2D eigenvalue weighted by Crippen LogP contribution is -2.38. The smallest absolute Gasteiger partial charge is 0.161 e. The molecule has 0 saturated heterocycles. The molecule has 2 N–H and O–H groups in total. The summed E-state index contributed by atoms with van der Waals surface area (Å²) in [6, 6.07) is 7.69. The SMILES string of the molecule is OCCCNC[C@@H]1COc2ccccc2O1. The largest absolute Gasteiger partial charge is 0.486 e. The predicted molar refractivity (Wildman–Crippen MR) is 60.9 cm³/mol. The zero-order valence-corrected chi connectivity index (χ0v) is 9.19. The molecule has 0 aliphatic carbocycles. The highest BCUT2D eigenvalue weighted by atomic mass is 16.6. The Morgan fingerprint density at radius 2 is 2.12 bits per heavy atom. The van der Waals surface area contributed by atoms with E-state index < -0.39 is 0 Å². The molecule has 16 heavy (non-hydrogen) atoms. The molecule has 1 aliphatic heterocycles. The minimum absolute atomic E-state index is 0.0496. The molecule has 1 heterocycles. The van der Waals surface area contributed by atoms with Gasteiger partial charge in [-0.2, -0.15) is 0 Å². The fourth-order valence-corrected chi connectivity index (χ4v) is 1.63. The fourth-order valence-electron chi connectivity index (χ4n) is 1.63. The highest BCUT2D eigenvalue weighted by molar-refractivity contribution is 5.40. The molecular weight excluding hydrogens is 206 g/mol. The van der Waals surface area contributed by atoms with Gasteiger partial charge >= 0.3 is 0 Å². The maximum absolute atomic E-state index is 8.64. The lowest BCUT2D eigenvalue weighted by Gasteiger charge is -2.26. The maximum atomic E-state index is 8.64. The first-order chi connectivity index (χ1) is 7.90. The Morgan fingerprint density at radius 1 is 1.31 bits per heavy atom. The summed E-state index contributed by atoms with van der Waals surface area (Å²) in [5.74, 6) is 1.62. The van der Waals surface area contributed by atoms with Crippen molar-refractivity contribution >= 4 is 0 Å². The third-order valence-corrected chi connectivity index (χ3v) is 2.45. The van der Waals surface area contributed by atoms with Crippen LogP contribution in [0.2, 0.25) is 0 Å². The van der Waals surface area contributed by atoms with E-state index in [1.54, 1.807) is 0 Å². The molecule has 88 valence electrons. The maximum Gasteiger partial charge on any atom is 0.161 e. The van der Waals surface area contributed by atoms with Gasteiger partial charge in [0.1, 0.15) is 12.7 Å². The molecular formula is C12H17NO3. The van der Waals surface area contributed by atoms with E-state index in [2.05, 4.69) is 5.32 Å². The number of hydrogen-bond donors (Lipinski definition) is 2. The van der Waals surface area contributed by atoms with Gasteiger partial charge in [-0.1, -0.05) is 12.1 Å². The van der Waals surface area contributed by atoms with Gasteiger partial charge in [0.15, 0.2) is 11.5 Å². The molecule has 0 saturated carbocycles. The van der Waals surface area contributed by atoms with E-state index in [-0.39, 0.29) is 12.7 Å². The average molecular weight is 223 g/mol. The van der Waals surface area contributed by atoms with Crippen LogP contribution >= 0.6 is 0 Å². The highest BCUT2D eigenvalue weighted by Crippen LogP contribution is 2.30. The minimum Gasteiger partial charge on any atom is -0.486 e. The van der Waals surface area contributed by atoms with Gasteiger partial charge in [0.25, 0.3) is 0 Å². The van der Waals surface area contributed by atoms with E-state index in [4.69, 9.17) is 14.6 Å². The van der Waals surface area contributed by atoms with Gasteiger partial charge < -0.3 is 19.9 Å². The summed E-state index contributed by atoms with van der Waals surface area (Å²) in [5, 5.41) is 11.9. The molecule has 4 heteroatoms. The van der Waals surface area contributed by atoms with Crippen molar-refractivity contribution in [2.24, 2.45) is 0 Å². The Bertz CT molecular complexity index is 330. The van der Waals surface area contributed by atoms with Gasteiger partial charge in [-0.05, 0) is 25.1 Å². The van der Waals surface area contributed by atoms with Crippen LogP contribution < -0.4 is 14.8 Å². The zero-order chi connectivity index (χ0) is 11.2. The van der Waals surface area contributed by atoms with Crippen molar-refractivity contribution in [2.45, 2.75) is 12.5 Å². The molecule has 4 nitrogen and oxygen atoms in total. The van der Waals surface area contributed by atoms with Crippen LogP contribution in [0.15, 0.2) is 24.3 Å². The number of rotatable bonds is 5. The number of para-hydroxylation sites is 2. The second-order valence-corrected chi connectivity index (χ2v) is 3.78. The van der Waals surface area contributed by atoms with Crippen molar-refractivity contribution in [1.82, 2.24) is 5.32 Å². The summed E-state index contributed by atoms with van der Waals surface area (Å²) >= 11 is 0. The van der Waals surface area contributed by atoms with Crippen LogP contribution in [0.25, 0.3) is 0 Å². The first kappa shape index (κ1) is 11.2. The second kappa shape index (κ2) is 5.72. The fraction of sp³-hybridized carbons (Fsp3) is 0.500. The van der Waals surface area contributed by atoms with Crippen LogP contribution in [0.1, 0.15) is 6.42 Å². The quantitative estimate of drug-likeness (QED) is 0.725. The third-order valence-electron chi connectivity index (χ3n) is 2.45. The van der Waals surface area contributed by atoms with Crippen molar-refractivity contribution < 1.29 is 14.6 Å². The second-order valence-electron chi connectivity index (χ2n) is 3.78. The molecule has 0 aromatic heterocycles. The number of nitrogens with one attached hydrogen (secondary N) is 1. The van der Waals surface area contributed by atoms with Gasteiger partial charge in [0.05, 0.1) is 0 Å². The molecule has 0 amide bonds. The van der Waals surface area contributed by atoms with Crippen LogP contribution in [-0.4, -0.2) is 37.5 Å². The van der Waals surface area contributed by atoms with Gasteiger partial charge in [-0.15, -0.1) is 0 Å². The van der Waals surface area contributed by atoms with Crippen LogP contribution in [0.3, 0.4) is 0 Å². The van der Waals surface area contributed by atoms with Crippen LogP contribution in [-0.2, 0) is 0 Å². The molecule has 0 fully saturated rings. The first-order valence-corrected chi connectivity index (χ1v) is 5.60. The Labute approximate surface area is 95.2 Å². The van der Waals surface area contributed by atoms with E-state index in [0.717, 1.165) is 31.0 Å². The van der Waals surface area contributed by atoms with Crippen molar-refractivity contribution in [3.8, 4) is 11.5 Å². The molecule has 1 aromatic rings. The number of fused-ring (bicyclic) bond motifs is 1. The molecule has 0 radical (unpaired) electrons. The zero-order valence-electron chi connectivity index (χ0n) is 9.19. The molecule has 1 aromatic carbocycles. The van der Waals surface area contributed by atoms with Crippen molar-refractivity contribution in [3.05, 3.63) is 24.3 Å². The summed E-state index contributed by atoms with van der Waals surface area (Å²) in [7, 11) is 0. The monoisotopic (exact) mass is 223 g/mol. The molecule has 0 spiro atoms. The third kappa shape index (κ3) is 2.87. The lowest BCUT2D eigenvalue weighted by atomic mass is 10.2. The van der Waals surface area contributed by atoms with Crippen LogP contribution in [0.5, 0.6) is 11.5 Å². The van der Waals surface area contributed by atoms with E-state index >= 15 is 0 Å². The Kier molecular flexibility index (Phi) is 4.02. The topological polar surface area (TPSA) is 50.7 Å². The van der Waals surface area contributed by atoms with Crippen molar-refractivity contribution in [1.29, 1.82) is 0 Å². The molecule has 1 atom stereocenters. The lowest BCUT2D eigenvalue weighted by molar-refractivity contribution is 0.0902. The summed E-state index contributed by atoms with van der Waals surface area (Å²) in [6.45, 7) is 2.34. The summed E-state index contributed by atoms with van der Waals surface area (Å²) in [4.78, 5) is 0. The summed E-state index contributed by atoms with van der Waals surface area (Å²) in [5.41, 5.74) is 0. The van der Waals surface area contributed by atoms with Crippen LogP contribution in [0.4, 0.5) is 0 Å². The van der Waals surface area contributed by atoms with Gasteiger partial charge in [-0.25, -0.2) is 0 Å². The van der Waals surface area contributed by atoms with Crippen LogP contribution in [0, 0.1) is 0 Å². The van der Waals surface area contributed by atoms with Crippen molar-refractivity contribution in [2.75, 3.05) is 26.3 Å². The first-order valence-electron chi connectivity index (χ1n) is 5.60. The normalized spacial score (nSPS) is 18.4. The van der Waals surface area contributed by atoms with E-state index in [9.17, 15) is 0 Å². The van der Waals surface area contributed by atoms with E-state index in [1.807, 2.05) is 24.3 Å². The number of aliphatic hydroxyl groups is 1. The predicted octanol–water partition coefficient (Wildman–Crippen LogP) is 0.798. The molecule has 0 unspecified atom stereocenters. The van der Waals surface area contributed by atoms with Gasteiger partial charge in [0.2, 0.25) is 0 Å². The minimum atomic E-state index is 0.0496. The number of ether oxygens (including phenoxy) is 2. The van der Waals surface area contributed by atoms with Crippen molar-refractivity contribution in [3.63, 3.8) is 0 Å². The molecule has 1 aliphatic rings. The summed E-state index contributed by atoms with van der Waals surface area (Å²) < 4.78 is 11.3. The Hall–Kier alpha value is -1.26. The van der Waals surface area contributed by atoms with E-state index in [1.165, 1.54) is 0 Å². The highest BCUT2D eigenvalue weighted by Gasteiger charge is 2.19. The number of benzene rings is 1. The number of aliphatic hydroxyl groups excluding tert-OH is 1.